The van der Waals surface area contributed by atoms with Crippen molar-refractivity contribution in [2.24, 2.45) is 0 Å². The van der Waals surface area contributed by atoms with Crippen LogP contribution >= 0.6 is 0 Å². The first-order chi connectivity index (χ1) is 11.4. The Bertz CT molecular complexity index is 804. The van der Waals surface area contributed by atoms with E-state index in [4.69, 9.17) is 9.15 Å². The molecule has 0 unspecified atom stereocenters. The summed E-state index contributed by atoms with van der Waals surface area (Å²) in [5.74, 6) is 0.489. The molecule has 1 saturated heterocycles. The third kappa shape index (κ3) is 3.43. The molecule has 0 atom stereocenters. The normalized spacial score (nSPS) is 15.9. The van der Waals surface area contributed by atoms with Gasteiger partial charge in [0.1, 0.15) is 11.3 Å². The average Bonchev–Trinajstić information content (AvgIpc) is 2.53. The monoisotopic (exact) mass is 330 g/mol. The molecule has 1 amide bonds. The second-order valence-corrected chi connectivity index (χ2v) is 6.40. The van der Waals surface area contributed by atoms with Gasteiger partial charge in [-0.2, -0.15) is 0 Å². The van der Waals surface area contributed by atoms with E-state index in [1.165, 1.54) is 6.07 Å². The lowest BCUT2D eigenvalue weighted by Gasteiger charge is -2.32. The number of piperazine rings is 1. The maximum atomic E-state index is 12.8. The Labute approximate surface area is 140 Å². The van der Waals surface area contributed by atoms with Gasteiger partial charge in [0, 0.05) is 43.7 Å². The summed E-state index contributed by atoms with van der Waals surface area (Å²) in [6.45, 7) is 6.83. The van der Waals surface area contributed by atoms with Crippen LogP contribution in [0, 0.1) is 0 Å². The molecule has 2 heterocycles. The average molecular weight is 330 g/mol. The van der Waals surface area contributed by atoms with E-state index < -0.39 is 5.63 Å². The number of hydrogen-bond donors (Lipinski definition) is 0. The van der Waals surface area contributed by atoms with E-state index in [0.29, 0.717) is 35.4 Å². The summed E-state index contributed by atoms with van der Waals surface area (Å²) >= 11 is 0. The number of hydrogen-bond acceptors (Lipinski definition) is 5. The minimum atomic E-state index is -0.526. The molecule has 0 radical (unpaired) electrons. The van der Waals surface area contributed by atoms with Crippen molar-refractivity contribution in [1.29, 1.82) is 0 Å². The van der Waals surface area contributed by atoms with Gasteiger partial charge in [0.15, 0.2) is 0 Å². The zero-order valence-electron chi connectivity index (χ0n) is 14.2. The molecule has 128 valence electrons. The fourth-order valence-electron chi connectivity index (χ4n) is 2.85. The van der Waals surface area contributed by atoms with Gasteiger partial charge in [-0.05, 0) is 33.0 Å². The molecular formula is C18H22N2O4. The van der Waals surface area contributed by atoms with Crippen LogP contribution in [-0.2, 0) is 0 Å². The summed E-state index contributed by atoms with van der Waals surface area (Å²) in [6, 6.07) is 6.52. The van der Waals surface area contributed by atoms with Gasteiger partial charge in [0.25, 0.3) is 5.91 Å². The predicted octanol–water partition coefficient (Wildman–Crippen LogP) is 1.97. The van der Waals surface area contributed by atoms with Crippen molar-refractivity contribution >= 4 is 16.9 Å². The van der Waals surface area contributed by atoms with Crippen molar-refractivity contribution in [3.8, 4) is 5.75 Å². The number of amides is 1. The molecule has 0 spiro atoms. The van der Waals surface area contributed by atoms with Crippen molar-refractivity contribution < 1.29 is 13.9 Å². The molecule has 24 heavy (non-hydrogen) atoms. The number of benzene rings is 1. The van der Waals surface area contributed by atoms with E-state index >= 15 is 0 Å². The van der Waals surface area contributed by atoms with Crippen LogP contribution < -0.4 is 10.4 Å². The Morgan fingerprint density at radius 2 is 1.88 bits per heavy atom. The number of carbonyl (C=O) groups excluding carboxylic acids is 1. The molecule has 1 aromatic heterocycles. The van der Waals surface area contributed by atoms with Gasteiger partial charge in [-0.1, -0.05) is 0 Å². The van der Waals surface area contributed by atoms with Gasteiger partial charge >= 0.3 is 5.63 Å². The fourth-order valence-corrected chi connectivity index (χ4v) is 2.85. The molecule has 3 rings (SSSR count). The van der Waals surface area contributed by atoms with Crippen molar-refractivity contribution in [2.75, 3.05) is 33.2 Å². The smallest absolute Gasteiger partial charge is 0.337 e. The van der Waals surface area contributed by atoms with Crippen LogP contribution in [0.15, 0.2) is 33.5 Å². The zero-order valence-corrected chi connectivity index (χ0v) is 14.2. The van der Waals surface area contributed by atoms with Crippen LogP contribution in [0.2, 0.25) is 0 Å². The van der Waals surface area contributed by atoms with E-state index in [1.807, 2.05) is 20.9 Å². The molecule has 0 saturated carbocycles. The number of rotatable bonds is 3. The second kappa shape index (κ2) is 6.65. The lowest BCUT2D eigenvalue weighted by atomic mass is 10.1. The lowest BCUT2D eigenvalue weighted by Crippen LogP contribution is -2.47. The first-order valence-electron chi connectivity index (χ1n) is 8.16. The van der Waals surface area contributed by atoms with Crippen molar-refractivity contribution in [2.45, 2.75) is 20.0 Å². The van der Waals surface area contributed by atoms with Gasteiger partial charge in [-0.15, -0.1) is 0 Å². The van der Waals surface area contributed by atoms with Crippen LogP contribution in [0.25, 0.3) is 11.0 Å². The largest absolute Gasteiger partial charge is 0.491 e. The highest BCUT2D eigenvalue weighted by Crippen LogP contribution is 2.24. The molecule has 1 fully saturated rings. The van der Waals surface area contributed by atoms with Crippen molar-refractivity contribution in [3.63, 3.8) is 0 Å². The van der Waals surface area contributed by atoms with Gasteiger partial charge in [-0.3, -0.25) is 4.79 Å². The number of carbonyl (C=O) groups is 1. The summed E-state index contributed by atoms with van der Waals surface area (Å²) in [6.07, 6.45) is 0.0179. The molecule has 2 aromatic rings. The lowest BCUT2D eigenvalue weighted by molar-refractivity contribution is 0.0665. The molecule has 0 aliphatic carbocycles. The topological polar surface area (TPSA) is 63.0 Å². The maximum absolute atomic E-state index is 12.8. The molecule has 0 N–H and O–H groups in total. The highest BCUT2D eigenvalue weighted by Gasteiger charge is 2.23. The molecule has 6 nitrogen and oxygen atoms in total. The molecule has 6 heteroatoms. The Morgan fingerprint density at radius 3 is 2.54 bits per heavy atom. The number of ether oxygens (including phenoxy) is 1. The first kappa shape index (κ1) is 16.5. The van der Waals surface area contributed by atoms with Gasteiger partial charge in [-0.25, -0.2) is 4.79 Å². The Balaban J connectivity index is 1.98. The van der Waals surface area contributed by atoms with Crippen LogP contribution in [0.3, 0.4) is 0 Å². The van der Waals surface area contributed by atoms with Crippen molar-refractivity contribution in [3.05, 3.63) is 40.2 Å². The van der Waals surface area contributed by atoms with Gasteiger partial charge in [0.05, 0.1) is 11.7 Å². The molecule has 1 aliphatic rings. The van der Waals surface area contributed by atoms with Crippen LogP contribution in [0.1, 0.15) is 24.2 Å². The van der Waals surface area contributed by atoms with Crippen molar-refractivity contribution in [1.82, 2.24) is 9.80 Å². The number of likely N-dealkylation sites (N-methyl/N-ethyl adjacent to an activating group) is 1. The first-order valence-corrected chi connectivity index (χ1v) is 8.16. The Kier molecular flexibility index (Phi) is 4.57. The molecular weight excluding hydrogens is 308 g/mol. The second-order valence-electron chi connectivity index (χ2n) is 6.40. The van der Waals surface area contributed by atoms with E-state index in [0.717, 1.165) is 13.1 Å². The van der Waals surface area contributed by atoms with E-state index in [2.05, 4.69) is 4.90 Å². The minimum Gasteiger partial charge on any atom is -0.491 e. The number of nitrogens with zero attached hydrogens (tertiary/aromatic N) is 2. The van der Waals surface area contributed by atoms with E-state index in [-0.39, 0.29) is 12.0 Å². The standard InChI is InChI=1S/C18H22N2O4/c1-12(2)23-13-4-5-14-15(11-17(21)24-16(14)10-13)18(22)20-8-6-19(3)7-9-20/h4-5,10-12H,6-9H2,1-3H3. The summed E-state index contributed by atoms with van der Waals surface area (Å²) in [5.41, 5.74) is 0.238. The molecule has 1 aromatic carbocycles. The maximum Gasteiger partial charge on any atom is 0.337 e. The van der Waals surface area contributed by atoms with Gasteiger partial charge < -0.3 is 19.0 Å². The Hall–Kier alpha value is -2.34. The van der Waals surface area contributed by atoms with Crippen LogP contribution in [0.4, 0.5) is 0 Å². The van der Waals surface area contributed by atoms with E-state index in [1.54, 1.807) is 23.1 Å². The summed E-state index contributed by atoms with van der Waals surface area (Å²) in [7, 11) is 2.03. The third-order valence-electron chi connectivity index (χ3n) is 4.11. The fraction of sp³-hybridized carbons (Fsp3) is 0.444. The molecule has 1 aliphatic heterocycles. The summed E-state index contributed by atoms with van der Waals surface area (Å²) in [5, 5.41) is 0.634. The number of fused-ring (bicyclic) bond motifs is 1. The van der Waals surface area contributed by atoms with Gasteiger partial charge in [0.2, 0.25) is 0 Å². The van der Waals surface area contributed by atoms with Crippen LogP contribution in [0.5, 0.6) is 5.75 Å². The summed E-state index contributed by atoms with van der Waals surface area (Å²) < 4.78 is 10.9. The highest BCUT2D eigenvalue weighted by atomic mass is 16.5. The zero-order chi connectivity index (χ0) is 17.3. The quantitative estimate of drug-likeness (QED) is 0.805. The molecule has 0 bridgehead atoms. The minimum absolute atomic E-state index is 0.0179. The Morgan fingerprint density at radius 1 is 1.17 bits per heavy atom. The van der Waals surface area contributed by atoms with E-state index in [9.17, 15) is 9.59 Å². The summed E-state index contributed by atoms with van der Waals surface area (Å²) in [4.78, 5) is 28.7. The SMILES string of the molecule is CC(C)Oc1ccc2c(C(=O)N3CCN(C)CC3)cc(=O)oc2c1. The third-order valence-corrected chi connectivity index (χ3v) is 4.11. The highest BCUT2D eigenvalue weighted by molar-refractivity contribution is 6.05. The van der Waals surface area contributed by atoms with Crippen LogP contribution in [-0.4, -0.2) is 55.0 Å². The predicted molar refractivity (Wildman–Crippen MR) is 91.6 cm³/mol.